The zero-order valence-electron chi connectivity index (χ0n) is 15.3. The van der Waals surface area contributed by atoms with Crippen molar-refractivity contribution in [1.82, 2.24) is 0 Å². The molecule has 6 heteroatoms. The highest BCUT2D eigenvalue weighted by atomic mass is 16.5. The highest BCUT2D eigenvalue weighted by Gasteiger charge is 2.05. The molecule has 0 spiro atoms. The molecule has 26 heavy (non-hydrogen) atoms. The van der Waals surface area contributed by atoms with Gasteiger partial charge in [-0.3, -0.25) is 9.59 Å². The van der Waals surface area contributed by atoms with E-state index in [1.54, 1.807) is 24.3 Å². The number of amides is 2. The minimum atomic E-state index is -0.176. The summed E-state index contributed by atoms with van der Waals surface area (Å²) in [4.78, 5) is 23.2. The average Bonchev–Trinajstić information content (AvgIpc) is 2.60. The summed E-state index contributed by atoms with van der Waals surface area (Å²) in [5, 5.41) is 8.54. The molecular formula is C20H25N3O3. The van der Waals surface area contributed by atoms with Crippen LogP contribution in [-0.2, 0) is 9.59 Å². The third kappa shape index (κ3) is 6.47. The lowest BCUT2D eigenvalue weighted by molar-refractivity contribution is -0.115. The maximum atomic E-state index is 12.1. The average molecular weight is 355 g/mol. The third-order valence-corrected chi connectivity index (χ3v) is 3.69. The summed E-state index contributed by atoms with van der Waals surface area (Å²) in [5.74, 6) is 0.477. The molecular weight excluding hydrogens is 330 g/mol. The van der Waals surface area contributed by atoms with Crippen LogP contribution in [0, 0.1) is 0 Å². The number of anilines is 3. The fourth-order valence-corrected chi connectivity index (χ4v) is 2.23. The quantitative estimate of drug-likeness (QED) is 0.671. The van der Waals surface area contributed by atoms with Crippen LogP contribution >= 0.6 is 0 Å². The van der Waals surface area contributed by atoms with Gasteiger partial charge in [-0.1, -0.05) is 13.0 Å². The zero-order chi connectivity index (χ0) is 18.9. The maximum absolute atomic E-state index is 12.1. The number of carbonyl (C=O) groups excluding carboxylic acids is 2. The van der Waals surface area contributed by atoms with Gasteiger partial charge in [0.2, 0.25) is 11.8 Å². The summed E-state index contributed by atoms with van der Waals surface area (Å²) in [5.41, 5.74) is 2.10. The molecule has 0 aliphatic heterocycles. The Bertz CT molecular complexity index is 744. The van der Waals surface area contributed by atoms with Crippen molar-refractivity contribution < 1.29 is 14.3 Å². The van der Waals surface area contributed by atoms with E-state index in [4.69, 9.17) is 4.74 Å². The molecule has 0 heterocycles. The lowest BCUT2D eigenvalue weighted by Crippen LogP contribution is -2.21. The van der Waals surface area contributed by atoms with Crippen molar-refractivity contribution in [3.8, 4) is 5.75 Å². The van der Waals surface area contributed by atoms with E-state index in [1.165, 1.54) is 6.92 Å². The Morgan fingerprint density at radius 1 is 1.00 bits per heavy atom. The molecule has 0 aliphatic rings. The van der Waals surface area contributed by atoms with Crippen molar-refractivity contribution in [1.29, 1.82) is 0 Å². The number of hydrogen-bond donors (Lipinski definition) is 3. The smallest absolute Gasteiger partial charge is 0.243 e. The van der Waals surface area contributed by atoms with Crippen LogP contribution < -0.4 is 20.7 Å². The van der Waals surface area contributed by atoms with Gasteiger partial charge in [-0.05, 0) is 55.8 Å². The molecule has 2 rings (SSSR count). The van der Waals surface area contributed by atoms with Crippen molar-refractivity contribution in [2.45, 2.75) is 33.3 Å². The Morgan fingerprint density at radius 2 is 1.65 bits per heavy atom. The topological polar surface area (TPSA) is 79.5 Å². The number of carbonyl (C=O) groups is 2. The van der Waals surface area contributed by atoms with Gasteiger partial charge in [0, 0.05) is 24.0 Å². The second-order valence-corrected chi connectivity index (χ2v) is 6.02. The van der Waals surface area contributed by atoms with E-state index < -0.39 is 0 Å². The molecule has 0 saturated heterocycles. The molecule has 0 radical (unpaired) electrons. The molecule has 2 aromatic carbocycles. The number of benzene rings is 2. The summed E-state index contributed by atoms with van der Waals surface area (Å²) in [6.07, 6.45) is 1.12. The normalized spacial score (nSPS) is 11.3. The van der Waals surface area contributed by atoms with Crippen molar-refractivity contribution in [2.24, 2.45) is 0 Å². The maximum Gasteiger partial charge on any atom is 0.243 e. The SMILES string of the molecule is CCC(C)Oc1ccc(NCC(=O)Nc2cccc(NC(C)=O)c2)cc1. The van der Waals surface area contributed by atoms with Gasteiger partial charge in [0.15, 0.2) is 0 Å². The molecule has 2 aromatic rings. The lowest BCUT2D eigenvalue weighted by Gasteiger charge is -2.13. The zero-order valence-corrected chi connectivity index (χ0v) is 15.3. The molecule has 6 nitrogen and oxygen atoms in total. The van der Waals surface area contributed by atoms with Crippen LogP contribution in [0.2, 0.25) is 0 Å². The first-order valence-corrected chi connectivity index (χ1v) is 8.64. The molecule has 1 atom stereocenters. The van der Waals surface area contributed by atoms with Crippen molar-refractivity contribution >= 4 is 28.9 Å². The van der Waals surface area contributed by atoms with Crippen LogP contribution in [0.5, 0.6) is 5.75 Å². The molecule has 0 fully saturated rings. The summed E-state index contributed by atoms with van der Waals surface area (Å²) >= 11 is 0. The van der Waals surface area contributed by atoms with Gasteiger partial charge in [-0.25, -0.2) is 0 Å². The Morgan fingerprint density at radius 3 is 2.27 bits per heavy atom. The van der Waals surface area contributed by atoms with Crippen LogP contribution in [0.25, 0.3) is 0 Å². The van der Waals surface area contributed by atoms with Crippen LogP contribution in [0.15, 0.2) is 48.5 Å². The van der Waals surface area contributed by atoms with Gasteiger partial charge >= 0.3 is 0 Å². The summed E-state index contributed by atoms with van der Waals surface area (Å²) < 4.78 is 5.72. The highest BCUT2D eigenvalue weighted by molar-refractivity contribution is 5.95. The van der Waals surface area contributed by atoms with Crippen molar-refractivity contribution in [3.05, 3.63) is 48.5 Å². The Kier molecular flexibility index (Phi) is 7.02. The van der Waals surface area contributed by atoms with Gasteiger partial charge in [-0.2, -0.15) is 0 Å². The van der Waals surface area contributed by atoms with Crippen LogP contribution in [-0.4, -0.2) is 24.5 Å². The van der Waals surface area contributed by atoms with E-state index in [0.29, 0.717) is 11.4 Å². The summed E-state index contributed by atoms with van der Waals surface area (Å²) in [6, 6.07) is 14.5. The summed E-state index contributed by atoms with van der Waals surface area (Å²) in [7, 11) is 0. The molecule has 0 saturated carbocycles. The lowest BCUT2D eigenvalue weighted by atomic mass is 10.2. The van der Waals surface area contributed by atoms with Crippen LogP contribution in [0.1, 0.15) is 27.2 Å². The minimum Gasteiger partial charge on any atom is -0.491 e. The number of ether oxygens (including phenoxy) is 1. The van der Waals surface area contributed by atoms with Crippen molar-refractivity contribution in [3.63, 3.8) is 0 Å². The Balaban J connectivity index is 1.84. The predicted octanol–water partition coefficient (Wildman–Crippen LogP) is 3.87. The first-order valence-electron chi connectivity index (χ1n) is 8.64. The Labute approximate surface area is 153 Å². The second kappa shape index (κ2) is 9.46. The van der Waals surface area contributed by atoms with E-state index in [0.717, 1.165) is 17.9 Å². The van der Waals surface area contributed by atoms with E-state index in [2.05, 4.69) is 22.9 Å². The van der Waals surface area contributed by atoms with Gasteiger partial charge in [0.1, 0.15) is 5.75 Å². The molecule has 0 aliphatic carbocycles. The van der Waals surface area contributed by atoms with E-state index in [9.17, 15) is 9.59 Å². The predicted molar refractivity (Wildman–Crippen MR) is 105 cm³/mol. The molecule has 2 amide bonds. The van der Waals surface area contributed by atoms with Gasteiger partial charge in [0.05, 0.1) is 12.6 Å². The Hall–Kier alpha value is -3.02. The number of nitrogens with one attached hydrogen (secondary N) is 3. The van der Waals surface area contributed by atoms with Crippen LogP contribution in [0.3, 0.4) is 0 Å². The molecule has 0 aromatic heterocycles. The van der Waals surface area contributed by atoms with Gasteiger partial charge in [-0.15, -0.1) is 0 Å². The first kappa shape index (κ1) is 19.3. The fraction of sp³-hybridized carbons (Fsp3) is 0.300. The van der Waals surface area contributed by atoms with Crippen molar-refractivity contribution in [2.75, 3.05) is 22.5 Å². The third-order valence-electron chi connectivity index (χ3n) is 3.69. The monoisotopic (exact) mass is 355 g/mol. The van der Waals surface area contributed by atoms with Gasteiger partial charge in [0.25, 0.3) is 0 Å². The largest absolute Gasteiger partial charge is 0.491 e. The van der Waals surface area contributed by atoms with E-state index in [1.807, 2.05) is 31.2 Å². The first-order chi connectivity index (χ1) is 12.5. The van der Waals surface area contributed by atoms with E-state index in [-0.39, 0.29) is 24.5 Å². The molecule has 3 N–H and O–H groups in total. The molecule has 1 unspecified atom stereocenters. The fourth-order valence-electron chi connectivity index (χ4n) is 2.23. The standard InChI is InChI=1S/C20H25N3O3/c1-4-14(2)26-19-10-8-16(9-11-19)21-13-20(25)23-18-7-5-6-17(12-18)22-15(3)24/h5-12,14,21H,4,13H2,1-3H3,(H,22,24)(H,23,25). The second-order valence-electron chi connectivity index (χ2n) is 6.02. The number of hydrogen-bond acceptors (Lipinski definition) is 4. The van der Waals surface area contributed by atoms with E-state index >= 15 is 0 Å². The van der Waals surface area contributed by atoms with Crippen LogP contribution in [0.4, 0.5) is 17.1 Å². The number of rotatable bonds is 8. The molecule has 138 valence electrons. The van der Waals surface area contributed by atoms with Gasteiger partial charge < -0.3 is 20.7 Å². The minimum absolute atomic E-state index is 0.135. The summed E-state index contributed by atoms with van der Waals surface area (Å²) in [6.45, 7) is 5.67. The highest BCUT2D eigenvalue weighted by Crippen LogP contribution is 2.18. The molecule has 0 bridgehead atoms.